The van der Waals surface area contributed by atoms with Gasteiger partial charge in [0.2, 0.25) is 5.91 Å². The third kappa shape index (κ3) is 3.56. The van der Waals surface area contributed by atoms with Gasteiger partial charge in [0.05, 0.1) is 0 Å². The van der Waals surface area contributed by atoms with E-state index in [0.29, 0.717) is 18.6 Å². The summed E-state index contributed by atoms with van der Waals surface area (Å²) in [7, 11) is 2.00. The van der Waals surface area contributed by atoms with Gasteiger partial charge < -0.3 is 10.6 Å². The van der Waals surface area contributed by atoms with Crippen LogP contribution in [0.15, 0.2) is 18.5 Å². The molecule has 1 aliphatic carbocycles. The summed E-state index contributed by atoms with van der Waals surface area (Å²) in [6, 6.07) is 2.78. The maximum Gasteiger partial charge on any atom is 0.241 e. The Morgan fingerprint density at radius 1 is 1.35 bits per heavy atom. The van der Waals surface area contributed by atoms with Crippen molar-refractivity contribution in [1.29, 1.82) is 0 Å². The quantitative estimate of drug-likeness (QED) is 0.801. The molecule has 1 aromatic rings. The van der Waals surface area contributed by atoms with Crippen molar-refractivity contribution < 1.29 is 4.79 Å². The minimum absolute atomic E-state index is 0.0570. The Balaban J connectivity index is 1.72. The van der Waals surface area contributed by atoms with Gasteiger partial charge in [-0.1, -0.05) is 0 Å². The number of nitrogens with one attached hydrogen (secondary N) is 2. The lowest BCUT2D eigenvalue weighted by Gasteiger charge is -2.28. The van der Waals surface area contributed by atoms with E-state index < -0.39 is 0 Å². The van der Waals surface area contributed by atoms with Crippen molar-refractivity contribution in [3.63, 3.8) is 0 Å². The number of hydrogen-bond donors (Lipinski definition) is 2. The second kappa shape index (κ2) is 5.82. The monoisotopic (exact) mass is 236 g/mol. The molecule has 0 aliphatic heterocycles. The predicted octanol–water partition coefficient (Wildman–Crippen LogP) is 0.530. The molecule has 1 heterocycles. The first-order chi connectivity index (χ1) is 8.28. The van der Waals surface area contributed by atoms with E-state index in [2.05, 4.69) is 15.7 Å². The zero-order valence-corrected chi connectivity index (χ0v) is 10.2. The molecule has 5 nitrogen and oxygen atoms in total. The molecule has 1 amide bonds. The highest BCUT2D eigenvalue weighted by molar-refractivity contribution is 5.75. The number of rotatable bonds is 4. The summed E-state index contributed by atoms with van der Waals surface area (Å²) < 4.78 is 1.65. The van der Waals surface area contributed by atoms with E-state index in [9.17, 15) is 4.79 Å². The lowest BCUT2D eigenvalue weighted by atomic mass is 9.91. The molecule has 0 radical (unpaired) electrons. The Kier molecular flexibility index (Phi) is 4.14. The molecule has 1 aromatic heterocycles. The minimum atomic E-state index is 0.0570. The summed E-state index contributed by atoms with van der Waals surface area (Å²) in [6.45, 7) is 0.318. The van der Waals surface area contributed by atoms with Crippen molar-refractivity contribution in [1.82, 2.24) is 20.4 Å². The minimum Gasteiger partial charge on any atom is -0.352 e. The standard InChI is InChI=1S/C12H20N4O/c1-13-10-3-5-11(6-4-10)15-12(17)9-16-8-2-7-14-16/h2,7-8,10-11,13H,3-6,9H2,1H3,(H,15,17). The summed E-state index contributed by atoms with van der Waals surface area (Å²) in [5.41, 5.74) is 0. The second-order valence-corrected chi connectivity index (χ2v) is 4.61. The van der Waals surface area contributed by atoms with Crippen LogP contribution in [0.4, 0.5) is 0 Å². The first kappa shape index (κ1) is 12.1. The van der Waals surface area contributed by atoms with Gasteiger partial charge in [0.25, 0.3) is 0 Å². The Bertz CT molecular complexity index is 341. The van der Waals surface area contributed by atoms with Crippen molar-refractivity contribution in [3.8, 4) is 0 Å². The number of aromatic nitrogens is 2. The van der Waals surface area contributed by atoms with Crippen molar-refractivity contribution in [3.05, 3.63) is 18.5 Å². The Morgan fingerprint density at radius 3 is 2.65 bits per heavy atom. The van der Waals surface area contributed by atoms with Gasteiger partial charge in [0.1, 0.15) is 6.54 Å². The van der Waals surface area contributed by atoms with Crippen LogP contribution in [0, 0.1) is 0 Å². The van der Waals surface area contributed by atoms with Crippen LogP contribution in [0.2, 0.25) is 0 Å². The molecule has 0 aromatic carbocycles. The lowest BCUT2D eigenvalue weighted by molar-refractivity contribution is -0.122. The third-order valence-electron chi connectivity index (χ3n) is 3.37. The molecule has 17 heavy (non-hydrogen) atoms. The molecular weight excluding hydrogens is 216 g/mol. The Hall–Kier alpha value is -1.36. The van der Waals surface area contributed by atoms with Gasteiger partial charge >= 0.3 is 0 Å². The molecule has 0 atom stereocenters. The molecule has 0 unspecified atom stereocenters. The molecule has 1 aliphatic rings. The molecule has 0 bridgehead atoms. The van der Waals surface area contributed by atoms with Crippen molar-refractivity contribution in [2.45, 2.75) is 44.3 Å². The van der Waals surface area contributed by atoms with E-state index in [1.165, 1.54) is 0 Å². The molecule has 0 saturated heterocycles. The summed E-state index contributed by atoms with van der Waals surface area (Å²) in [5.74, 6) is 0.0570. The molecule has 2 rings (SSSR count). The van der Waals surface area contributed by atoms with Crippen LogP contribution >= 0.6 is 0 Å². The van der Waals surface area contributed by atoms with E-state index >= 15 is 0 Å². The molecule has 1 fully saturated rings. The van der Waals surface area contributed by atoms with Gasteiger partial charge in [-0.3, -0.25) is 9.48 Å². The second-order valence-electron chi connectivity index (χ2n) is 4.61. The van der Waals surface area contributed by atoms with Gasteiger partial charge in [-0.05, 0) is 38.8 Å². The number of carbonyl (C=O) groups is 1. The molecule has 0 spiro atoms. The van der Waals surface area contributed by atoms with Crippen LogP contribution in [-0.2, 0) is 11.3 Å². The van der Waals surface area contributed by atoms with Crippen molar-refractivity contribution >= 4 is 5.91 Å². The average molecular weight is 236 g/mol. The highest BCUT2D eigenvalue weighted by Gasteiger charge is 2.21. The first-order valence-electron chi connectivity index (χ1n) is 6.22. The zero-order valence-electron chi connectivity index (χ0n) is 10.2. The van der Waals surface area contributed by atoms with Crippen LogP contribution in [0.1, 0.15) is 25.7 Å². The number of amides is 1. The van der Waals surface area contributed by atoms with Crippen LogP contribution in [0.3, 0.4) is 0 Å². The van der Waals surface area contributed by atoms with Crippen molar-refractivity contribution in [2.75, 3.05) is 7.05 Å². The third-order valence-corrected chi connectivity index (χ3v) is 3.37. The SMILES string of the molecule is CNC1CCC(NC(=O)Cn2cccn2)CC1. The highest BCUT2D eigenvalue weighted by atomic mass is 16.2. The summed E-state index contributed by atoms with van der Waals surface area (Å²) in [4.78, 5) is 11.7. The summed E-state index contributed by atoms with van der Waals surface area (Å²) in [6.07, 6.45) is 7.90. The van der Waals surface area contributed by atoms with E-state index in [1.807, 2.05) is 13.1 Å². The first-order valence-corrected chi connectivity index (χ1v) is 6.22. The number of carbonyl (C=O) groups excluding carboxylic acids is 1. The largest absolute Gasteiger partial charge is 0.352 e. The molecular formula is C12H20N4O. The van der Waals surface area contributed by atoms with Crippen LogP contribution in [0.5, 0.6) is 0 Å². The molecule has 5 heteroatoms. The predicted molar refractivity (Wildman–Crippen MR) is 65.5 cm³/mol. The highest BCUT2D eigenvalue weighted by Crippen LogP contribution is 2.18. The maximum atomic E-state index is 11.7. The number of hydrogen-bond acceptors (Lipinski definition) is 3. The fourth-order valence-electron chi connectivity index (χ4n) is 2.34. The zero-order chi connectivity index (χ0) is 12.1. The van der Waals surface area contributed by atoms with Gasteiger partial charge in [-0.25, -0.2) is 0 Å². The van der Waals surface area contributed by atoms with Crippen molar-refractivity contribution in [2.24, 2.45) is 0 Å². The summed E-state index contributed by atoms with van der Waals surface area (Å²) >= 11 is 0. The van der Waals surface area contributed by atoms with Gasteiger partial charge in [-0.15, -0.1) is 0 Å². The van der Waals surface area contributed by atoms with Crippen LogP contribution in [-0.4, -0.2) is 34.8 Å². The van der Waals surface area contributed by atoms with Crippen LogP contribution in [0.25, 0.3) is 0 Å². The number of nitrogens with zero attached hydrogens (tertiary/aromatic N) is 2. The topological polar surface area (TPSA) is 58.9 Å². The lowest BCUT2D eigenvalue weighted by Crippen LogP contribution is -2.42. The average Bonchev–Trinajstić information content (AvgIpc) is 2.82. The normalized spacial score (nSPS) is 24.5. The van der Waals surface area contributed by atoms with E-state index in [-0.39, 0.29) is 5.91 Å². The molecule has 94 valence electrons. The van der Waals surface area contributed by atoms with Gasteiger partial charge in [-0.2, -0.15) is 5.10 Å². The Morgan fingerprint density at radius 2 is 2.06 bits per heavy atom. The van der Waals surface area contributed by atoms with Gasteiger partial charge in [0.15, 0.2) is 0 Å². The van der Waals surface area contributed by atoms with E-state index in [1.54, 1.807) is 17.1 Å². The van der Waals surface area contributed by atoms with E-state index in [0.717, 1.165) is 25.7 Å². The molecule has 1 saturated carbocycles. The Labute approximate surface area is 102 Å². The maximum absolute atomic E-state index is 11.7. The van der Waals surface area contributed by atoms with Gasteiger partial charge in [0, 0.05) is 24.5 Å². The fourth-order valence-corrected chi connectivity index (χ4v) is 2.34. The van der Waals surface area contributed by atoms with E-state index in [4.69, 9.17) is 0 Å². The van der Waals surface area contributed by atoms with Crippen LogP contribution < -0.4 is 10.6 Å². The smallest absolute Gasteiger partial charge is 0.241 e. The fraction of sp³-hybridized carbons (Fsp3) is 0.667. The molecule has 2 N–H and O–H groups in total. The summed E-state index contributed by atoms with van der Waals surface area (Å²) in [5, 5.41) is 10.4.